The Kier molecular flexibility index (Phi) is 9.37. The fraction of sp³-hybridized carbons (Fsp3) is 0.333. The highest BCUT2D eigenvalue weighted by Crippen LogP contribution is 2.26. The number of anilines is 2. The van der Waals surface area contributed by atoms with Crippen LogP contribution in [0.2, 0.25) is 0 Å². The van der Waals surface area contributed by atoms with E-state index in [4.69, 9.17) is 10.1 Å². The van der Waals surface area contributed by atoms with Crippen molar-refractivity contribution < 1.29 is 14.3 Å². The third-order valence-corrected chi connectivity index (χ3v) is 8.60. The van der Waals surface area contributed by atoms with E-state index in [1.54, 1.807) is 48.5 Å². The minimum atomic E-state index is -0.399. The summed E-state index contributed by atoms with van der Waals surface area (Å²) in [5.74, 6) is 1.56. The number of rotatable bonds is 6. The molecule has 0 spiro atoms. The number of carbonyl (C=O) groups excluding carboxylic acids is 2. The van der Waals surface area contributed by atoms with Crippen molar-refractivity contribution in [2.24, 2.45) is 4.99 Å². The van der Waals surface area contributed by atoms with Crippen molar-refractivity contribution in [1.82, 2.24) is 14.8 Å². The summed E-state index contributed by atoms with van der Waals surface area (Å²) >= 11 is 1.83. The molecule has 2 saturated heterocycles. The Balaban J connectivity index is 1.16. The zero-order valence-corrected chi connectivity index (χ0v) is 23.9. The summed E-state index contributed by atoms with van der Waals surface area (Å²) in [7, 11) is 0. The Labute approximate surface area is 244 Å². The molecule has 0 saturated carbocycles. The van der Waals surface area contributed by atoms with Crippen molar-refractivity contribution in [2.75, 3.05) is 49.4 Å². The molecule has 3 amide bonds. The number of carbonyl (C=O) groups is 2. The van der Waals surface area contributed by atoms with Gasteiger partial charge in [-0.15, -0.1) is 11.8 Å². The number of amidine groups is 2. The Morgan fingerprint density at radius 3 is 2.20 bits per heavy atom. The molecule has 0 unspecified atom stereocenters. The number of morpholine rings is 1. The Morgan fingerprint density at radius 2 is 1.63 bits per heavy atom. The third kappa shape index (κ3) is 7.36. The van der Waals surface area contributed by atoms with E-state index in [-0.39, 0.29) is 11.7 Å². The summed E-state index contributed by atoms with van der Waals surface area (Å²) in [6.07, 6.45) is 3.98. The molecule has 2 fully saturated rings. The number of urea groups is 1. The normalized spacial score (nSPS) is 17.7. The minimum absolute atomic E-state index is 0.0167. The number of aromatic nitrogens is 1. The number of nitrogens with one attached hydrogen (secondary N) is 4. The highest BCUT2D eigenvalue weighted by Gasteiger charge is 2.23. The summed E-state index contributed by atoms with van der Waals surface area (Å²) in [5.41, 5.74) is 3.26. The molecule has 10 nitrogen and oxygen atoms in total. The molecule has 1 atom stereocenters. The van der Waals surface area contributed by atoms with E-state index in [0.717, 1.165) is 25.1 Å². The van der Waals surface area contributed by atoms with Gasteiger partial charge in [0.15, 0.2) is 11.7 Å². The van der Waals surface area contributed by atoms with Crippen molar-refractivity contribution in [3.63, 3.8) is 0 Å². The number of hydrogen-bond acceptors (Lipinski definition) is 5. The first-order valence-corrected chi connectivity index (χ1v) is 14.9. The minimum Gasteiger partial charge on any atom is -0.378 e. The molecule has 2 aliphatic rings. The summed E-state index contributed by atoms with van der Waals surface area (Å²) < 4.78 is 5.47. The van der Waals surface area contributed by atoms with Gasteiger partial charge in [-0.1, -0.05) is 6.92 Å². The molecule has 3 aromatic rings. The fourth-order valence-electron chi connectivity index (χ4n) is 4.73. The van der Waals surface area contributed by atoms with Gasteiger partial charge in [0.1, 0.15) is 0 Å². The number of ether oxygens (including phenoxy) is 1. The predicted octanol–water partition coefficient (Wildman–Crippen LogP) is 5.08. The molecule has 0 bridgehead atoms. The van der Waals surface area contributed by atoms with Crippen LogP contribution in [0.25, 0.3) is 0 Å². The lowest BCUT2D eigenvalue weighted by molar-refractivity contribution is 0.0682. The number of aromatic amines is 1. The van der Waals surface area contributed by atoms with Crippen LogP contribution in [0.5, 0.6) is 0 Å². The van der Waals surface area contributed by atoms with Crippen LogP contribution in [-0.4, -0.2) is 82.4 Å². The van der Waals surface area contributed by atoms with Gasteiger partial charge in [0.05, 0.1) is 24.8 Å². The summed E-state index contributed by atoms with van der Waals surface area (Å²) in [5, 5.41) is 14.8. The van der Waals surface area contributed by atoms with Crippen LogP contribution in [0, 0.1) is 5.41 Å². The lowest BCUT2D eigenvalue weighted by Gasteiger charge is -2.31. The monoisotopic (exact) mass is 573 g/mol. The van der Waals surface area contributed by atoms with Gasteiger partial charge < -0.3 is 30.2 Å². The van der Waals surface area contributed by atoms with E-state index in [1.165, 1.54) is 0 Å². The van der Waals surface area contributed by atoms with Crippen molar-refractivity contribution in [1.29, 1.82) is 5.41 Å². The maximum absolute atomic E-state index is 12.8. The summed E-state index contributed by atoms with van der Waals surface area (Å²) in [6.45, 7) is 5.62. The summed E-state index contributed by atoms with van der Waals surface area (Å²) in [6, 6.07) is 17.4. The quantitative estimate of drug-likeness (QED) is 0.242. The zero-order valence-electron chi connectivity index (χ0n) is 23.1. The predicted molar refractivity (Wildman–Crippen MR) is 164 cm³/mol. The molecule has 0 aliphatic carbocycles. The second kappa shape index (κ2) is 13.5. The molecule has 2 aliphatic heterocycles. The summed E-state index contributed by atoms with van der Waals surface area (Å²) in [4.78, 5) is 37.2. The number of nitrogens with zero attached hydrogens (tertiary/aromatic N) is 3. The van der Waals surface area contributed by atoms with E-state index in [0.29, 0.717) is 65.8 Å². The van der Waals surface area contributed by atoms with Crippen molar-refractivity contribution >= 4 is 46.7 Å². The van der Waals surface area contributed by atoms with E-state index >= 15 is 0 Å². The van der Waals surface area contributed by atoms with Crippen LogP contribution in [0.4, 0.5) is 16.2 Å². The number of aliphatic imine (C=N–C) groups is 1. The van der Waals surface area contributed by atoms with E-state index in [1.807, 2.05) is 35.0 Å². The van der Waals surface area contributed by atoms with Gasteiger partial charge in [0.25, 0.3) is 5.91 Å². The molecule has 3 heterocycles. The molecule has 0 radical (unpaired) electrons. The Morgan fingerprint density at radius 1 is 0.976 bits per heavy atom. The smallest absolute Gasteiger partial charge is 0.323 e. The van der Waals surface area contributed by atoms with Gasteiger partial charge in [-0.3, -0.25) is 10.2 Å². The maximum Gasteiger partial charge on any atom is 0.323 e. The number of thioether (sulfide) groups is 1. The number of benzene rings is 2. The zero-order chi connectivity index (χ0) is 28.6. The average molecular weight is 574 g/mol. The molecule has 11 heteroatoms. The molecule has 5 rings (SSSR count). The lowest BCUT2D eigenvalue weighted by atomic mass is 10.1. The SMILES string of the molecule is CC[C@H]1CCN(C(=O)c2ccc(NC(=O)Nc3ccc(C(=N)N=C(c4ccc[nH]4)N4CCOCC4)cc3)cc2)CS1. The van der Waals surface area contributed by atoms with Crippen LogP contribution in [-0.2, 0) is 4.74 Å². The topological polar surface area (TPSA) is 126 Å². The fourth-order valence-corrected chi connectivity index (χ4v) is 5.87. The molecule has 2 aromatic carbocycles. The molecular formula is C30H35N7O3S. The van der Waals surface area contributed by atoms with Gasteiger partial charge in [0, 0.05) is 53.6 Å². The van der Waals surface area contributed by atoms with Gasteiger partial charge in [0.2, 0.25) is 0 Å². The molecule has 41 heavy (non-hydrogen) atoms. The lowest BCUT2D eigenvalue weighted by Crippen LogP contribution is -2.41. The molecular weight excluding hydrogens is 538 g/mol. The third-order valence-electron chi connectivity index (χ3n) is 7.10. The maximum atomic E-state index is 12.8. The first-order chi connectivity index (χ1) is 20.0. The van der Waals surface area contributed by atoms with Crippen molar-refractivity contribution in [3.05, 3.63) is 83.7 Å². The van der Waals surface area contributed by atoms with Crippen LogP contribution in [0.1, 0.15) is 41.4 Å². The standard InChI is InChI=1S/C30H35N7O3S/c1-2-25-13-15-37(20-41-25)29(38)22-7-11-24(12-8-22)34-30(39)33-23-9-5-21(6-10-23)27(31)35-28(26-4-3-14-32-26)36-16-18-40-19-17-36/h3-12,14,25,31-32H,2,13,15-20H2,1H3,(H2,33,34,39)/t25-/m0/s1. The highest BCUT2D eigenvalue weighted by molar-refractivity contribution is 7.99. The largest absolute Gasteiger partial charge is 0.378 e. The van der Waals surface area contributed by atoms with Crippen LogP contribution < -0.4 is 10.6 Å². The van der Waals surface area contributed by atoms with E-state index in [9.17, 15) is 9.59 Å². The van der Waals surface area contributed by atoms with Crippen LogP contribution >= 0.6 is 11.8 Å². The van der Waals surface area contributed by atoms with E-state index in [2.05, 4.69) is 32.4 Å². The Bertz CT molecular complexity index is 1360. The number of amides is 3. The molecule has 1 aromatic heterocycles. The van der Waals surface area contributed by atoms with Crippen molar-refractivity contribution in [3.8, 4) is 0 Å². The number of hydrogen-bond donors (Lipinski definition) is 4. The van der Waals surface area contributed by atoms with Crippen LogP contribution in [0.15, 0.2) is 71.9 Å². The van der Waals surface area contributed by atoms with Gasteiger partial charge >= 0.3 is 6.03 Å². The van der Waals surface area contributed by atoms with Gasteiger partial charge in [-0.25, -0.2) is 9.79 Å². The van der Waals surface area contributed by atoms with E-state index < -0.39 is 6.03 Å². The number of H-pyrrole nitrogens is 1. The van der Waals surface area contributed by atoms with Crippen molar-refractivity contribution in [2.45, 2.75) is 25.0 Å². The average Bonchev–Trinajstić information content (AvgIpc) is 3.55. The molecule has 4 N–H and O–H groups in total. The van der Waals surface area contributed by atoms with Gasteiger partial charge in [-0.2, -0.15) is 0 Å². The first-order valence-electron chi connectivity index (χ1n) is 13.8. The first kappa shape index (κ1) is 28.4. The highest BCUT2D eigenvalue weighted by atomic mass is 32.2. The second-order valence-electron chi connectivity index (χ2n) is 9.88. The van der Waals surface area contributed by atoms with Gasteiger partial charge in [-0.05, 0) is 73.5 Å². The molecule has 214 valence electrons. The second-order valence-corrected chi connectivity index (χ2v) is 11.1. The Hall–Kier alpha value is -4.09. The van der Waals surface area contributed by atoms with Crippen LogP contribution in [0.3, 0.4) is 0 Å².